The topological polar surface area (TPSA) is 9.23 Å². The van der Waals surface area contributed by atoms with Crippen molar-refractivity contribution in [2.45, 2.75) is 18.7 Å². The van der Waals surface area contributed by atoms with Crippen molar-refractivity contribution in [3.8, 4) is 5.75 Å². The van der Waals surface area contributed by atoms with Gasteiger partial charge >= 0.3 is 0 Å². The Morgan fingerprint density at radius 3 is 2.57 bits per heavy atom. The van der Waals surface area contributed by atoms with Crippen molar-refractivity contribution in [1.82, 2.24) is 0 Å². The van der Waals surface area contributed by atoms with Crippen molar-refractivity contribution in [1.29, 1.82) is 0 Å². The number of thioether (sulfide) groups is 1. The Labute approximate surface area is 95.6 Å². The zero-order valence-corrected chi connectivity index (χ0v) is 10.5. The highest BCUT2D eigenvalue weighted by molar-refractivity contribution is 8.00. The normalized spacial score (nSPS) is 10.3. The van der Waals surface area contributed by atoms with E-state index in [2.05, 4.69) is 38.6 Å². The zero-order chi connectivity index (χ0) is 10.6. The summed E-state index contributed by atoms with van der Waals surface area (Å²) < 4.78 is 5.26. The van der Waals surface area contributed by atoms with E-state index >= 15 is 0 Å². The maximum atomic E-state index is 5.26. The van der Waals surface area contributed by atoms with Crippen LogP contribution in [0.4, 0.5) is 0 Å². The lowest BCUT2D eigenvalue weighted by Crippen LogP contribution is -1.91. The van der Waals surface area contributed by atoms with Gasteiger partial charge in [-0.25, -0.2) is 0 Å². The lowest BCUT2D eigenvalue weighted by Gasteiger charge is -2.10. The maximum Gasteiger partial charge on any atom is 0.122 e. The van der Waals surface area contributed by atoms with Crippen molar-refractivity contribution in [2.75, 3.05) is 18.6 Å². The lowest BCUT2D eigenvalue weighted by molar-refractivity contribution is 0.411. The number of rotatable bonds is 4. The molecule has 0 N–H and O–H groups in total. The van der Waals surface area contributed by atoms with E-state index < -0.39 is 0 Å². The number of methoxy groups -OCH3 is 1. The van der Waals surface area contributed by atoms with Crippen molar-refractivity contribution >= 4 is 24.4 Å². The number of hydrogen-bond donors (Lipinski definition) is 1. The standard InChI is InChI=1S/C11H16OS2/c1-8-7-11(14-5-4-13)9(2)6-10(8)12-3/h6-7,13H,4-5H2,1-3H3. The molecule has 78 valence electrons. The summed E-state index contributed by atoms with van der Waals surface area (Å²) in [6.45, 7) is 4.19. The second-order valence-corrected chi connectivity index (χ2v) is 4.74. The first kappa shape index (κ1) is 11.8. The van der Waals surface area contributed by atoms with Gasteiger partial charge in [0.1, 0.15) is 5.75 Å². The quantitative estimate of drug-likeness (QED) is 0.625. The molecule has 0 aliphatic heterocycles. The number of thiol groups is 1. The van der Waals surface area contributed by atoms with Crippen LogP contribution in [-0.2, 0) is 0 Å². The molecule has 0 aliphatic carbocycles. The van der Waals surface area contributed by atoms with Crippen LogP contribution in [-0.4, -0.2) is 18.6 Å². The van der Waals surface area contributed by atoms with E-state index in [9.17, 15) is 0 Å². The van der Waals surface area contributed by atoms with Crippen LogP contribution >= 0.6 is 24.4 Å². The largest absolute Gasteiger partial charge is 0.496 e. The summed E-state index contributed by atoms with van der Waals surface area (Å²) in [4.78, 5) is 1.33. The predicted molar refractivity (Wildman–Crippen MR) is 67.0 cm³/mol. The number of ether oxygens (including phenoxy) is 1. The fourth-order valence-electron chi connectivity index (χ4n) is 1.29. The molecule has 1 aromatic carbocycles. The summed E-state index contributed by atoms with van der Waals surface area (Å²) in [5.74, 6) is 2.93. The van der Waals surface area contributed by atoms with Gasteiger partial charge < -0.3 is 4.74 Å². The Kier molecular flexibility index (Phi) is 4.69. The van der Waals surface area contributed by atoms with Gasteiger partial charge in [-0.3, -0.25) is 0 Å². The first-order valence-electron chi connectivity index (χ1n) is 4.58. The fraction of sp³-hybridized carbons (Fsp3) is 0.455. The molecular formula is C11H16OS2. The van der Waals surface area contributed by atoms with Gasteiger partial charge in [0.05, 0.1) is 7.11 Å². The van der Waals surface area contributed by atoms with Gasteiger partial charge in [0.15, 0.2) is 0 Å². The Morgan fingerprint density at radius 1 is 1.29 bits per heavy atom. The van der Waals surface area contributed by atoms with E-state index in [0.29, 0.717) is 0 Å². The molecule has 14 heavy (non-hydrogen) atoms. The van der Waals surface area contributed by atoms with Crippen LogP contribution in [0.25, 0.3) is 0 Å². The molecule has 1 aromatic rings. The van der Waals surface area contributed by atoms with Gasteiger partial charge in [0.25, 0.3) is 0 Å². The van der Waals surface area contributed by atoms with E-state index in [0.717, 1.165) is 17.3 Å². The molecule has 0 radical (unpaired) electrons. The average Bonchev–Trinajstić information content (AvgIpc) is 2.18. The summed E-state index contributed by atoms with van der Waals surface area (Å²) in [6, 6.07) is 4.28. The third kappa shape index (κ3) is 2.85. The van der Waals surface area contributed by atoms with Crippen molar-refractivity contribution in [3.63, 3.8) is 0 Å². The third-order valence-electron chi connectivity index (χ3n) is 2.04. The van der Waals surface area contributed by atoms with Crippen LogP contribution in [0.1, 0.15) is 11.1 Å². The minimum atomic E-state index is 0.912. The summed E-state index contributed by atoms with van der Waals surface area (Å²) in [7, 11) is 1.71. The van der Waals surface area contributed by atoms with E-state index in [1.807, 2.05) is 11.8 Å². The molecule has 0 atom stereocenters. The molecule has 0 amide bonds. The predicted octanol–water partition coefficient (Wildman–Crippen LogP) is 3.33. The Bertz CT molecular complexity index is 310. The van der Waals surface area contributed by atoms with Crippen LogP contribution in [0.2, 0.25) is 0 Å². The van der Waals surface area contributed by atoms with Crippen LogP contribution in [0.5, 0.6) is 5.75 Å². The molecule has 1 rings (SSSR count). The highest BCUT2D eigenvalue weighted by atomic mass is 32.2. The van der Waals surface area contributed by atoms with E-state index in [4.69, 9.17) is 4.74 Å². The minimum Gasteiger partial charge on any atom is -0.496 e. The zero-order valence-electron chi connectivity index (χ0n) is 8.83. The average molecular weight is 228 g/mol. The molecule has 0 aromatic heterocycles. The Morgan fingerprint density at radius 2 is 2.00 bits per heavy atom. The molecule has 0 bridgehead atoms. The molecule has 1 nitrogen and oxygen atoms in total. The van der Waals surface area contributed by atoms with Crippen LogP contribution in [0.15, 0.2) is 17.0 Å². The second kappa shape index (κ2) is 5.56. The molecular weight excluding hydrogens is 212 g/mol. The SMILES string of the molecule is COc1cc(C)c(SCCS)cc1C. The van der Waals surface area contributed by atoms with Crippen LogP contribution in [0.3, 0.4) is 0 Å². The fourth-order valence-corrected chi connectivity index (χ4v) is 2.43. The van der Waals surface area contributed by atoms with Gasteiger partial charge in [0.2, 0.25) is 0 Å². The number of hydrogen-bond acceptors (Lipinski definition) is 3. The van der Waals surface area contributed by atoms with E-state index in [-0.39, 0.29) is 0 Å². The van der Waals surface area contributed by atoms with Crippen molar-refractivity contribution in [3.05, 3.63) is 23.3 Å². The molecule has 0 saturated heterocycles. The lowest BCUT2D eigenvalue weighted by atomic mass is 10.1. The first-order valence-corrected chi connectivity index (χ1v) is 6.19. The Balaban J connectivity index is 2.90. The van der Waals surface area contributed by atoms with Crippen LogP contribution < -0.4 is 4.74 Å². The summed E-state index contributed by atoms with van der Waals surface area (Å²) in [5.41, 5.74) is 2.47. The van der Waals surface area contributed by atoms with Crippen molar-refractivity contribution in [2.24, 2.45) is 0 Å². The number of benzene rings is 1. The molecule has 0 spiro atoms. The number of aryl methyl sites for hydroxylation is 2. The molecule has 0 aliphatic rings. The van der Waals surface area contributed by atoms with Gasteiger partial charge in [-0.05, 0) is 42.9 Å². The Hall–Kier alpha value is -0.280. The van der Waals surface area contributed by atoms with Gasteiger partial charge in [-0.1, -0.05) is 0 Å². The van der Waals surface area contributed by atoms with Crippen LogP contribution in [0, 0.1) is 13.8 Å². The summed E-state index contributed by atoms with van der Waals surface area (Å²) >= 11 is 6.05. The van der Waals surface area contributed by atoms with E-state index in [1.54, 1.807) is 7.11 Å². The molecule has 0 unspecified atom stereocenters. The summed E-state index contributed by atoms with van der Waals surface area (Å²) in [6.07, 6.45) is 0. The molecule has 3 heteroatoms. The van der Waals surface area contributed by atoms with Gasteiger partial charge in [0, 0.05) is 10.6 Å². The summed E-state index contributed by atoms with van der Waals surface area (Å²) in [5, 5.41) is 0. The minimum absolute atomic E-state index is 0.912. The van der Waals surface area contributed by atoms with Crippen molar-refractivity contribution < 1.29 is 4.74 Å². The first-order chi connectivity index (χ1) is 6.69. The third-order valence-corrected chi connectivity index (χ3v) is 3.73. The molecule has 0 saturated carbocycles. The van der Waals surface area contributed by atoms with Gasteiger partial charge in [-0.2, -0.15) is 12.6 Å². The highest BCUT2D eigenvalue weighted by Crippen LogP contribution is 2.29. The highest BCUT2D eigenvalue weighted by Gasteiger charge is 2.04. The molecule has 0 fully saturated rings. The smallest absolute Gasteiger partial charge is 0.122 e. The van der Waals surface area contributed by atoms with E-state index in [1.165, 1.54) is 16.0 Å². The molecule has 0 heterocycles. The van der Waals surface area contributed by atoms with Gasteiger partial charge in [-0.15, -0.1) is 11.8 Å². The second-order valence-electron chi connectivity index (χ2n) is 3.16. The maximum absolute atomic E-state index is 5.26. The monoisotopic (exact) mass is 228 g/mol.